The second kappa shape index (κ2) is 8.51. The van der Waals surface area contributed by atoms with Crippen LogP contribution in [0.15, 0.2) is 57.9 Å². The van der Waals surface area contributed by atoms with E-state index in [1.165, 1.54) is 12.1 Å². The van der Waals surface area contributed by atoms with Gasteiger partial charge >= 0.3 is 5.97 Å². The van der Waals surface area contributed by atoms with Crippen molar-refractivity contribution in [3.8, 4) is 0 Å². The Labute approximate surface area is 163 Å². The molecule has 0 aromatic heterocycles. The average molecular weight is 436 g/mol. The number of nitrogens with zero attached hydrogens (tertiary/aromatic N) is 1. The zero-order chi connectivity index (χ0) is 18.5. The minimum Gasteiger partial charge on any atom is -0.452 e. The molecule has 0 saturated heterocycles. The maximum absolute atomic E-state index is 13.6. The van der Waals surface area contributed by atoms with Gasteiger partial charge in [-0.25, -0.2) is 9.18 Å². The third-order valence-corrected chi connectivity index (χ3v) is 5.26. The highest BCUT2D eigenvalue weighted by Crippen LogP contribution is 2.34. The number of halogens is 2. The van der Waals surface area contributed by atoms with Crippen LogP contribution in [0.5, 0.6) is 0 Å². The van der Waals surface area contributed by atoms with Crippen LogP contribution in [0, 0.1) is 5.82 Å². The van der Waals surface area contributed by atoms with E-state index >= 15 is 0 Å². The van der Waals surface area contributed by atoms with E-state index in [4.69, 9.17) is 4.74 Å². The molecule has 0 spiro atoms. The largest absolute Gasteiger partial charge is 0.452 e. The maximum atomic E-state index is 13.6. The number of carbonyl (C=O) groups excluding carboxylic acids is 2. The predicted octanol–water partition coefficient (Wildman–Crippen LogP) is 4.28. The van der Waals surface area contributed by atoms with Crippen LogP contribution in [-0.2, 0) is 14.3 Å². The molecule has 0 bridgehead atoms. The summed E-state index contributed by atoms with van der Waals surface area (Å²) in [6, 6.07) is 12.0. The highest BCUT2D eigenvalue weighted by atomic mass is 79.9. The number of ether oxygens (including phenoxy) is 1. The fourth-order valence-electron chi connectivity index (χ4n) is 2.49. The van der Waals surface area contributed by atoms with Crippen molar-refractivity contribution in [2.75, 3.05) is 23.8 Å². The number of fused-ring (bicyclic) bond motifs is 1. The van der Waals surface area contributed by atoms with Crippen molar-refractivity contribution >= 4 is 51.3 Å². The monoisotopic (exact) mass is 435 g/mol. The van der Waals surface area contributed by atoms with Crippen molar-refractivity contribution < 1.29 is 18.7 Å². The first-order chi connectivity index (χ1) is 12.5. The molecule has 0 aliphatic carbocycles. The number of carbonyl (C=O) groups is 2. The van der Waals surface area contributed by atoms with E-state index in [9.17, 15) is 14.0 Å². The van der Waals surface area contributed by atoms with Gasteiger partial charge < -0.3 is 9.64 Å². The Morgan fingerprint density at radius 3 is 2.92 bits per heavy atom. The third kappa shape index (κ3) is 4.53. The highest BCUT2D eigenvalue weighted by molar-refractivity contribution is 9.10. The molecular weight excluding hydrogens is 421 g/mol. The van der Waals surface area contributed by atoms with Crippen molar-refractivity contribution in [1.29, 1.82) is 0 Å². The molecule has 2 aromatic carbocycles. The SMILES string of the molecule is O=C(/C=C/c1cc(Br)ccc1F)OCC(=O)N1CCSc2ccccc21. The van der Waals surface area contributed by atoms with Gasteiger partial charge in [-0.05, 0) is 36.4 Å². The molecule has 7 heteroatoms. The molecule has 0 radical (unpaired) electrons. The Morgan fingerprint density at radius 2 is 2.08 bits per heavy atom. The summed E-state index contributed by atoms with van der Waals surface area (Å²) in [5, 5.41) is 0. The van der Waals surface area contributed by atoms with Crippen LogP contribution in [0.3, 0.4) is 0 Å². The molecule has 0 unspecified atom stereocenters. The van der Waals surface area contributed by atoms with E-state index in [1.807, 2.05) is 24.3 Å². The maximum Gasteiger partial charge on any atom is 0.331 e. The Kier molecular flexibility index (Phi) is 6.11. The van der Waals surface area contributed by atoms with Gasteiger partial charge in [-0.1, -0.05) is 28.1 Å². The molecule has 1 heterocycles. The summed E-state index contributed by atoms with van der Waals surface area (Å²) in [5.41, 5.74) is 1.08. The molecule has 1 aliphatic heterocycles. The number of thioether (sulfide) groups is 1. The van der Waals surface area contributed by atoms with Crippen molar-refractivity contribution in [2.24, 2.45) is 0 Å². The number of benzene rings is 2. The molecular formula is C19H15BrFNO3S. The number of rotatable bonds is 4. The van der Waals surface area contributed by atoms with Crippen LogP contribution in [-0.4, -0.2) is 30.8 Å². The van der Waals surface area contributed by atoms with Gasteiger partial charge in [0, 0.05) is 33.3 Å². The Hall–Kier alpha value is -2.12. The lowest BCUT2D eigenvalue weighted by atomic mass is 10.2. The second-order valence-electron chi connectivity index (χ2n) is 5.47. The lowest BCUT2D eigenvalue weighted by Crippen LogP contribution is -2.38. The molecule has 2 aromatic rings. The van der Waals surface area contributed by atoms with E-state index in [2.05, 4.69) is 15.9 Å². The number of hydrogen-bond acceptors (Lipinski definition) is 4. The van der Waals surface area contributed by atoms with Crippen LogP contribution in [0.4, 0.5) is 10.1 Å². The lowest BCUT2D eigenvalue weighted by molar-refractivity contribution is -0.142. The first-order valence-corrected chi connectivity index (χ1v) is 9.64. The van der Waals surface area contributed by atoms with Crippen LogP contribution in [0.2, 0.25) is 0 Å². The van der Waals surface area contributed by atoms with Crippen LogP contribution in [0.25, 0.3) is 6.08 Å². The first-order valence-electron chi connectivity index (χ1n) is 7.86. The number of para-hydroxylation sites is 1. The minimum atomic E-state index is -0.697. The number of amides is 1. The summed E-state index contributed by atoms with van der Waals surface area (Å²) < 4.78 is 19.3. The zero-order valence-corrected chi connectivity index (χ0v) is 16.1. The van der Waals surface area contributed by atoms with Crippen LogP contribution in [0.1, 0.15) is 5.56 Å². The van der Waals surface area contributed by atoms with Gasteiger partial charge in [0.05, 0.1) is 5.69 Å². The summed E-state index contributed by atoms with van der Waals surface area (Å²) in [7, 11) is 0. The Balaban J connectivity index is 1.59. The highest BCUT2D eigenvalue weighted by Gasteiger charge is 2.23. The van der Waals surface area contributed by atoms with Gasteiger partial charge in [0.15, 0.2) is 6.61 Å². The van der Waals surface area contributed by atoms with E-state index in [0.29, 0.717) is 11.0 Å². The van der Waals surface area contributed by atoms with E-state index in [1.54, 1.807) is 28.8 Å². The van der Waals surface area contributed by atoms with Crippen molar-refractivity contribution in [1.82, 2.24) is 0 Å². The van der Waals surface area contributed by atoms with Gasteiger partial charge in [0.1, 0.15) is 5.82 Å². The molecule has 1 amide bonds. The quantitative estimate of drug-likeness (QED) is 0.530. The normalized spacial score (nSPS) is 13.5. The van der Waals surface area contributed by atoms with E-state index in [0.717, 1.165) is 22.4 Å². The van der Waals surface area contributed by atoms with Gasteiger partial charge in [0.2, 0.25) is 0 Å². The third-order valence-electron chi connectivity index (χ3n) is 3.72. The van der Waals surface area contributed by atoms with Crippen LogP contribution < -0.4 is 4.90 Å². The second-order valence-corrected chi connectivity index (χ2v) is 7.52. The molecule has 134 valence electrons. The molecule has 0 saturated carbocycles. The van der Waals surface area contributed by atoms with Crippen LogP contribution >= 0.6 is 27.7 Å². The Morgan fingerprint density at radius 1 is 1.27 bits per heavy atom. The number of esters is 1. The van der Waals surface area contributed by atoms with Gasteiger partial charge in [-0.3, -0.25) is 4.79 Å². The fraction of sp³-hybridized carbons (Fsp3) is 0.158. The average Bonchev–Trinajstić information content (AvgIpc) is 2.66. The van der Waals surface area contributed by atoms with Gasteiger partial charge in [0.25, 0.3) is 5.91 Å². The Bertz CT molecular complexity index is 872. The zero-order valence-electron chi connectivity index (χ0n) is 13.7. The fourth-order valence-corrected chi connectivity index (χ4v) is 3.86. The molecule has 26 heavy (non-hydrogen) atoms. The van der Waals surface area contributed by atoms with Crippen molar-refractivity contribution in [2.45, 2.75) is 4.90 Å². The molecule has 0 atom stereocenters. The van der Waals surface area contributed by atoms with Crippen molar-refractivity contribution in [3.05, 3.63) is 64.4 Å². The minimum absolute atomic E-state index is 0.254. The van der Waals surface area contributed by atoms with Gasteiger partial charge in [-0.2, -0.15) is 0 Å². The summed E-state index contributed by atoms with van der Waals surface area (Å²) in [6.45, 7) is 0.209. The summed E-state index contributed by atoms with van der Waals surface area (Å²) in [4.78, 5) is 26.9. The molecule has 3 rings (SSSR count). The lowest BCUT2D eigenvalue weighted by Gasteiger charge is -2.28. The molecule has 1 aliphatic rings. The summed E-state index contributed by atoms with van der Waals surface area (Å²) in [5.74, 6) is -0.639. The molecule has 0 fully saturated rings. The van der Waals surface area contributed by atoms with Crippen molar-refractivity contribution in [3.63, 3.8) is 0 Å². The number of anilines is 1. The molecule has 0 N–H and O–H groups in total. The standard InChI is InChI=1S/C19H15BrFNO3S/c20-14-6-7-15(21)13(11-14)5-8-19(24)25-12-18(23)22-9-10-26-17-4-2-1-3-16(17)22/h1-8,11H,9-10,12H2/b8-5+. The van der Waals surface area contributed by atoms with Gasteiger partial charge in [-0.15, -0.1) is 11.8 Å². The van der Waals surface area contributed by atoms with E-state index < -0.39 is 11.8 Å². The summed E-state index contributed by atoms with van der Waals surface area (Å²) in [6.07, 6.45) is 2.43. The smallest absolute Gasteiger partial charge is 0.331 e. The number of hydrogen-bond donors (Lipinski definition) is 0. The first kappa shape index (κ1) is 18.7. The summed E-state index contributed by atoms with van der Waals surface area (Å²) >= 11 is 4.93. The predicted molar refractivity (Wildman–Crippen MR) is 104 cm³/mol. The van der Waals surface area contributed by atoms with E-state index in [-0.39, 0.29) is 18.1 Å². The molecule has 4 nitrogen and oxygen atoms in total. The topological polar surface area (TPSA) is 46.6 Å².